The van der Waals surface area contributed by atoms with Gasteiger partial charge in [-0.05, 0) is 24.6 Å². The Morgan fingerprint density at radius 1 is 1.56 bits per heavy atom. The Hall–Kier alpha value is -0.920. The molecule has 1 unspecified atom stereocenters. The fourth-order valence-corrected chi connectivity index (χ4v) is 1.77. The van der Waals surface area contributed by atoms with Gasteiger partial charge in [-0.15, -0.1) is 0 Å². The molecule has 1 aromatic carbocycles. The maximum absolute atomic E-state index is 8.68. The summed E-state index contributed by atoms with van der Waals surface area (Å²) in [5.74, 6) is 0.937. The first-order valence-corrected chi connectivity index (χ1v) is 6.11. The van der Waals surface area contributed by atoms with E-state index in [9.17, 15) is 0 Å². The monoisotopic (exact) mass is 303 g/mol. The minimum Gasteiger partial charge on any atom is -0.493 e. The Kier molecular flexibility index (Phi) is 4.91. The van der Waals surface area contributed by atoms with Gasteiger partial charge in [0.05, 0.1) is 12.1 Å². The molecule has 86 valence electrons. The predicted molar refractivity (Wildman–Crippen MR) is 66.3 cm³/mol. The molecule has 16 heavy (non-hydrogen) atoms. The third kappa shape index (κ3) is 3.03. The van der Waals surface area contributed by atoms with Crippen LogP contribution in [0.2, 0.25) is 5.02 Å². The maximum atomic E-state index is 8.68. The molecule has 0 fully saturated rings. The van der Waals surface area contributed by atoms with E-state index in [2.05, 4.69) is 15.9 Å². The fourth-order valence-electron chi connectivity index (χ4n) is 1.17. The van der Waals surface area contributed by atoms with Crippen molar-refractivity contribution in [3.63, 3.8) is 0 Å². The highest BCUT2D eigenvalue weighted by molar-refractivity contribution is 9.08. The third-order valence-electron chi connectivity index (χ3n) is 1.92. The Labute approximate surface area is 108 Å². The highest BCUT2D eigenvalue weighted by atomic mass is 79.9. The van der Waals surface area contributed by atoms with Crippen molar-refractivity contribution in [1.82, 2.24) is 0 Å². The molecule has 0 amide bonds. The lowest BCUT2D eigenvalue weighted by atomic mass is 10.2. The number of hydrogen-bond donors (Lipinski definition) is 0. The van der Waals surface area contributed by atoms with E-state index in [0.717, 1.165) is 5.56 Å². The zero-order valence-electron chi connectivity index (χ0n) is 8.96. The average Bonchev–Trinajstić information content (AvgIpc) is 2.30. The van der Waals surface area contributed by atoms with E-state index in [-0.39, 0.29) is 0 Å². The zero-order valence-corrected chi connectivity index (χ0v) is 11.3. The molecule has 0 radical (unpaired) electrons. The second kappa shape index (κ2) is 5.97. The normalized spacial score (nSPS) is 11.7. The van der Waals surface area contributed by atoms with Crippen molar-refractivity contribution in [1.29, 1.82) is 5.26 Å². The number of benzene rings is 1. The number of hydrogen-bond acceptors (Lipinski definition) is 3. The summed E-state index contributed by atoms with van der Waals surface area (Å²) in [6.07, 6.45) is -0.568. The molecule has 3 nitrogen and oxygen atoms in total. The van der Waals surface area contributed by atoms with Gasteiger partial charge in [-0.2, -0.15) is 5.26 Å². The van der Waals surface area contributed by atoms with Crippen molar-refractivity contribution in [3.8, 4) is 17.6 Å². The summed E-state index contributed by atoms with van der Waals surface area (Å²) in [5, 5.41) is 9.80. The summed E-state index contributed by atoms with van der Waals surface area (Å²) in [7, 11) is 1.54. The number of alkyl halides is 1. The van der Waals surface area contributed by atoms with E-state index >= 15 is 0 Å². The maximum Gasteiger partial charge on any atom is 0.182 e. The lowest BCUT2D eigenvalue weighted by molar-refractivity contribution is 0.260. The molecule has 0 aliphatic heterocycles. The van der Waals surface area contributed by atoms with Crippen molar-refractivity contribution >= 4 is 27.5 Å². The highest BCUT2D eigenvalue weighted by Crippen LogP contribution is 2.37. The van der Waals surface area contributed by atoms with Gasteiger partial charge in [0.15, 0.2) is 17.6 Å². The van der Waals surface area contributed by atoms with Gasteiger partial charge in [0, 0.05) is 5.33 Å². The summed E-state index contributed by atoms with van der Waals surface area (Å²) in [4.78, 5) is 0. The van der Waals surface area contributed by atoms with Gasteiger partial charge in [-0.25, -0.2) is 0 Å². The van der Waals surface area contributed by atoms with Gasteiger partial charge >= 0.3 is 0 Å². The molecule has 0 aromatic heterocycles. The van der Waals surface area contributed by atoms with Crippen LogP contribution in [-0.2, 0) is 5.33 Å². The van der Waals surface area contributed by atoms with E-state index in [1.165, 1.54) is 7.11 Å². The zero-order chi connectivity index (χ0) is 12.1. The molecule has 0 heterocycles. The quantitative estimate of drug-likeness (QED) is 0.799. The first kappa shape index (κ1) is 13.1. The Balaban J connectivity index is 3.12. The number of methoxy groups -OCH3 is 1. The molecule has 1 atom stereocenters. The lowest BCUT2D eigenvalue weighted by Gasteiger charge is -2.14. The third-order valence-corrected chi connectivity index (χ3v) is 2.85. The van der Waals surface area contributed by atoms with Gasteiger partial charge < -0.3 is 9.47 Å². The molecule has 0 N–H and O–H groups in total. The van der Waals surface area contributed by atoms with Crippen LogP contribution in [0.3, 0.4) is 0 Å². The van der Waals surface area contributed by atoms with Crippen LogP contribution in [-0.4, -0.2) is 13.2 Å². The fraction of sp³-hybridized carbons (Fsp3) is 0.364. The van der Waals surface area contributed by atoms with Gasteiger partial charge in [-0.3, -0.25) is 0 Å². The van der Waals surface area contributed by atoms with Crippen LogP contribution < -0.4 is 9.47 Å². The van der Waals surface area contributed by atoms with Crippen LogP contribution in [0.1, 0.15) is 12.5 Å². The Morgan fingerprint density at radius 2 is 2.25 bits per heavy atom. The summed E-state index contributed by atoms with van der Waals surface area (Å²) in [6, 6.07) is 5.57. The first-order chi connectivity index (χ1) is 7.62. The van der Waals surface area contributed by atoms with E-state index in [1.807, 2.05) is 12.1 Å². The molecule has 0 bridgehead atoms. The Morgan fingerprint density at radius 3 is 2.75 bits per heavy atom. The molecular formula is C11H11BrClNO2. The minimum atomic E-state index is -0.568. The number of nitriles is 1. The number of halogens is 2. The lowest BCUT2D eigenvalue weighted by Crippen LogP contribution is -2.09. The molecule has 1 rings (SSSR count). The SMILES string of the molecule is COc1cc(CBr)cc(Cl)c1OC(C)C#N. The van der Waals surface area contributed by atoms with Crippen molar-refractivity contribution in [3.05, 3.63) is 22.7 Å². The molecule has 0 saturated heterocycles. The van der Waals surface area contributed by atoms with E-state index in [1.54, 1.807) is 13.0 Å². The van der Waals surface area contributed by atoms with Crippen LogP contribution >= 0.6 is 27.5 Å². The molecule has 0 aliphatic carbocycles. The van der Waals surface area contributed by atoms with Gasteiger partial charge in [0.2, 0.25) is 0 Å². The predicted octanol–water partition coefficient (Wildman–Crippen LogP) is 3.53. The smallest absolute Gasteiger partial charge is 0.182 e. The van der Waals surface area contributed by atoms with Crippen LogP contribution in [0.25, 0.3) is 0 Å². The summed E-state index contributed by atoms with van der Waals surface area (Å²) < 4.78 is 10.6. The van der Waals surface area contributed by atoms with E-state index < -0.39 is 6.10 Å². The summed E-state index contributed by atoms with van der Waals surface area (Å²) in [5.41, 5.74) is 0.985. The van der Waals surface area contributed by atoms with Crippen LogP contribution in [0.4, 0.5) is 0 Å². The summed E-state index contributed by atoms with van der Waals surface area (Å²) in [6.45, 7) is 1.65. The van der Waals surface area contributed by atoms with Gasteiger partial charge in [0.25, 0.3) is 0 Å². The van der Waals surface area contributed by atoms with Gasteiger partial charge in [0.1, 0.15) is 6.07 Å². The van der Waals surface area contributed by atoms with Crippen LogP contribution in [0, 0.1) is 11.3 Å². The number of nitrogens with zero attached hydrogens (tertiary/aromatic N) is 1. The molecule has 1 aromatic rings. The minimum absolute atomic E-state index is 0.405. The van der Waals surface area contributed by atoms with Crippen molar-refractivity contribution in [2.24, 2.45) is 0 Å². The van der Waals surface area contributed by atoms with Crippen LogP contribution in [0.5, 0.6) is 11.5 Å². The molecule has 0 saturated carbocycles. The van der Waals surface area contributed by atoms with Crippen molar-refractivity contribution in [2.75, 3.05) is 7.11 Å². The first-order valence-electron chi connectivity index (χ1n) is 4.61. The summed E-state index contributed by atoms with van der Waals surface area (Å²) >= 11 is 9.39. The number of ether oxygens (including phenoxy) is 2. The van der Waals surface area contributed by atoms with Crippen molar-refractivity contribution < 1.29 is 9.47 Å². The largest absolute Gasteiger partial charge is 0.493 e. The van der Waals surface area contributed by atoms with Crippen molar-refractivity contribution in [2.45, 2.75) is 18.4 Å². The van der Waals surface area contributed by atoms with E-state index in [4.69, 9.17) is 26.3 Å². The van der Waals surface area contributed by atoms with E-state index in [0.29, 0.717) is 21.9 Å². The molecule has 0 aliphatic rings. The average molecular weight is 305 g/mol. The van der Waals surface area contributed by atoms with Crippen LogP contribution in [0.15, 0.2) is 12.1 Å². The molecular weight excluding hydrogens is 293 g/mol. The second-order valence-electron chi connectivity index (χ2n) is 3.13. The number of rotatable bonds is 4. The molecule has 5 heteroatoms. The molecule has 0 spiro atoms. The second-order valence-corrected chi connectivity index (χ2v) is 4.10. The topological polar surface area (TPSA) is 42.2 Å². The highest BCUT2D eigenvalue weighted by Gasteiger charge is 2.14. The Bertz CT molecular complexity index is 417. The van der Waals surface area contributed by atoms with Gasteiger partial charge in [-0.1, -0.05) is 27.5 Å². The standard InChI is InChI=1S/C11H11BrClNO2/c1-7(6-14)16-11-9(13)3-8(5-12)4-10(11)15-2/h3-4,7H,5H2,1-2H3.